The lowest BCUT2D eigenvalue weighted by atomic mass is 10.2. The van der Waals surface area contributed by atoms with Crippen molar-refractivity contribution in [2.24, 2.45) is 0 Å². The molecule has 0 aliphatic carbocycles. The first-order chi connectivity index (χ1) is 10.5. The minimum Gasteiger partial charge on any atom is -0.491 e. The second-order valence-electron chi connectivity index (χ2n) is 5.05. The summed E-state index contributed by atoms with van der Waals surface area (Å²) in [5.41, 5.74) is 6.93. The molecule has 116 valence electrons. The third-order valence-corrected chi connectivity index (χ3v) is 2.86. The zero-order valence-corrected chi connectivity index (χ0v) is 13.0. The van der Waals surface area contributed by atoms with Gasteiger partial charge in [-0.15, -0.1) is 0 Å². The zero-order chi connectivity index (χ0) is 16.1. The molecule has 0 saturated heterocycles. The van der Waals surface area contributed by atoms with Gasteiger partial charge in [0.1, 0.15) is 11.6 Å². The van der Waals surface area contributed by atoms with E-state index in [-0.39, 0.29) is 23.4 Å². The highest BCUT2D eigenvalue weighted by Gasteiger charge is 2.13. The molecule has 6 heteroatoms. The molecule has 1 amide bonds. The van der Waals surface area contributed by atoms with E-state index in [4.69, 9.17) is 10.5 Å². The topological polar surface area (TPSA) is 90.1 Å². The van der Waals surface area contributed by atoms with Crippen LogP contribution in [0.25, 0.3) is 11.4 Å². The van der Waals surface area contributed by atoms with Crippen LogP contribution in [0, 0.1) is 0 Å². The fourth-order valence-electron chi connectivity index (χ4n) is 1.95. The van der Waals surface area contributed by atoms with Crippen molar-refractivity contribution in [3.05, 3.63) is 36.0 Å². The highest BCUT2D eigenvalue weighted by Crippen LogP contribution is 2.23. The maximum atomic E-state index is 11.8. The molecule has 0 radical (unpaired) electrons. The molecule has 1 aromatic carbocycles. The molecule has 3 N–H and O–H groups in total. The monoisotopic (exact) mass is 300 g/mol. The van der Waals surface area contributed by atoms with Crippen molar-refractivity contribution in [2.45, 2.75) is 26.9 Å². The lowest BCUT2D eigenvalue weighted by Gasteiger charge is -2.11. The smallest absolute Gasteiger partial charge is 0.256 e. The summed E-state index contributed by atoms with van der Waals surface area (Å²) < 4.78 is 5.65. The van der Waals surface area contributed by atoms with E-state index in [9.17, 15) is 4.79 Å². The first-order valence-electron chi connectivity index (χ1n) is 7.19. The maximum absolute atomic E-state index is 11.8. The van der Waals surface area contributed by atoms with Crippen molar-refractivity contribution < 1.29 is 9.53 Å². The van der Waals surface area contributed by atoms with E-state index in [1.54, 1.807) is 0 Å². The Labute approximate surface area is 129 Å². The van der Waals surface area contributed by atoms with Gasteiger partial charge in [-0.2, -0.15) is 0 Å². The number of hydrogen-bond acceptors (Lipinski definition) is 5. The summed E-state index contributed by atoms with van der Waals surface area (Å²) >= 11 is 0. The van der Waals surface area contributed by atoms with Crippen LogP contribution in [0.3, 0.4) is 0 Å². The van der Waals surface area contributed by atoms with Gasteiger partial charge < -0.3 is 15.8 Å². The van der Waals surface area contributed by atoms with Crippen LogP contribution in [0.15, 0.2) is 30.5 Å². The van der Waals surface area contributed by atoms with Crippen LogP contribution < -0.4 is 15.8 Å². The van der Waals surface area contributed by atoms with E-state index in [2.05, 4.69) is 15.3 Å². The minimum absolute atomic E-state index is 0.0846. The van der Waals surface area contributed by atoms with Gasteiger partial charge in [0.05, 0.1) is 11.7 Å². The molecule has 0 spiro atoms. The summed E-state index contributed by atoms with van der Waals surface area (Å²) in [6.07, 6.45) is 1.53. The summed E-state index contributed by atoms with van der Waals surface area (Å²) in [7, 11) is 0. The number of amides is 1. The second-order valence-corrected chi connectivity index (χ2v) is 5.05. The molecule has 2 aromatic rings. The van der Waals surface area contributed by atoms with Gasteiger partial charge in [0.25, 0.3) is 5.91 Å². The molecular formula is C16H20N4O2. The van der Waals surface area contributed by atoms with Gasteiger partial charge in [-0.05, 0) is 32.9 Å². The standard InChI is InChI=1S/C16H20N4O2/c1-4-18-16(21)13-9-19-15(20-14(13)17)11-6-5-7-12(8-11)22-10(2)3/h5-10H,4H2,1-3H3,(H,18,21)(H2,17,19,20). The summed E-state index contributed by atoms with van der Waals surface area (Å²) in [5, 5.41) is 2.67. The van der Waals surface area contributed by atoms with Gasteiger partial charge in [0.15, 0.2) is 5.82 Å². The molecule has 22 heavy (non-hydrogen) atoms. The average Bonchev–Trinajstić information content (AvgIpc) is 2.47. The second kappa shape index (κ2) is 6.89. The number of nitrogens with zero attached hydrogens (tertiary/aromatic N) is 2. The summed E-state index contributed by atoms with van der Waals surface area (Å²) in [6, 6.07) is 7.45. The van der Waals surface area contributed by atoms with Gasteiger partial charge >= 0.3 is 0 Å². The van der Waals surface area contributed by atoms with E-state index in [0.29, 0.717) is 12.4 Å². The van der Waals surface area contributed by atoms with Crippen molar-refractivity contribution >= 4 is 11.7 Å². The molecule has 2 rings (SSSR count). The third-order valence-electron chi connectivity index (χ3n) is 2.86. The quantitative estimate of drug-likeness (QED) is 0.884. The van der Waals surface area contributed by atoms with E-state index in [1.807, 2.05) is 45.0 Å². The van der Waals surface area contributed by atoms with E-state index >= 15 is 0 Å². The SMILES string of the molecule is CCNC(=O)c1cnc(-c2cccc(OC(C)C)c2)nc1N. The third kappa shape index (κ3) is 3.72. The Morgan fingerprint density at radius 3 is 2.82 bits per heavy atom. The molecule has 0 aliphatic rings. The Morgan fingerprint density at radius 2 is 2.18 bits per heavy atom. The number of rotatable bonds is 5. The highest BCUT2D eigenvalue weighted by molar-refractivity contribution is 5.98. The number of ether oxygens (including phenoxy) is 1. The number of carbonyl (C=O) groups is 1. The van der Waals surface area contributed by atoms with Crippen LogP contribution in [0.5, 0.6) is 5.75 Å². The predicted octanol–water partition coefficient (Wildman–Crippen LogP) is 2.26. The van der Waals surface area contributed by atoms with Gasteiger partial charge in [0, 0.05) is 18.3 Å². The van der Waals surface area contributed by atoms with Crippen molar-refractivity contribution in [1.29, 1.82) is 0 Å². The number of nitrogen functional groups attached to an aromatic ring is 1. The number of hydrogen-bond donors (Lipinski definition) is 2. The van der Waals surface area contributed by atoms with Crippen molar-refractivity contribution in [1.82, 2.24) is 15.3 Å². The van der Waals surface area contributed by atoms with Crippen LogP contribution in [-0.4, -0.2) is 28.5 Å². The van der Waals surface area contributed by atoms with Crippen molar-refractivity contribution in [3.8, 4) is 17.1 Å². The normalized spacial score (nSPS) is 10.5. The Morgan fingerprint density at radius 1 is 1.41 bits per heavy atom. The Balaban J connectivity index is 2.30. The Bertz CT molecular complexity index is 671. The van der Waals surface area contributed by atoms with Crippen LogP contribution >= 0.6 is 0 Å². The molecule has 1 aromatic heterocycles. The summed E-state index contributed by atoms with van der Waals surface area (Å²) in [5.74, 6) is 1.08. The molecule has 0 saturated carbocycles. The fraction of sp³-hybridized carbons (Fsp3) is 0.312. The molecule has 0 bridgehead atoms. The Hall–Kier alpha value is -2.63. The number of anilines is 1. The number of nitrogens with two attached hydrogens (primary N) is 1. The van der Waals surface area contributed by atoms with E-state index < -0.39 is 0 Å². The predicted molar refractivity (Wildman–Crippen MR) is 85.7 cm³/mol. The highest BCUT2D eigenvalue weighted by atomic mass is 16.5. The number of carbonyl (C=O) groups excluding carboxylic acids is 1. The average molecular weight is 300 g/mol. The first-order valence-corrected chi connectivity index (χ1v) is 7.19. The fourth-order valence-corrected chi connectivity index (χ4v) is 1.95. The minimum atomic E-state index is -0.275. The van der Waals surface area contributed by atoms with Crippen molar-refractivity contribution in [2.75, 3.05) is 12.3 Å². The first kappa shape index (κ1) is 15.8. The molecular weight excluding hydrogens is 280 g/mol. The molecule has 0 fully saturated rings. The van der Waals surface area contributed by atoms with Crippen LogP contribution in [0.1, 0.15) is 31.1 Å². The largest absolute Gasteiger partial charge is 0.491 e. The summed E-state index contributed by atoms with van der Waals surface area (Å²) in [4.78, 5) is 20.2. The molecule has 1 heterocycles. The van der Waals surface area contributed by atoms with Gasteiger partial charge in [-0.25, -0.2) is 9.97 Å². The van der Waals surface area contributed by atoms with E-state index in [1.165, 1.54) is 6.20 Å². The molecule has 0 atom stereocenters. The maximum Gasteiger partial charge on any atom is 0.256 e. The lowest BCUT2D eigenvalue weighted by Crippen LogP contribution is -2.24. The van der Waals surface area contributed by atoms with Crippen LogP contribution in [0.4, 0.5) is 5.82 Å². The summed E-state index contributed by atoms with van der Waals surface area (Å²) in [6.45, 7) is 6.28. The van der Waals surface area contributed by atoms with Gasteiger partial charge in [0.2, 0.25) is 0 Å². The van der Waals surface area contributed by atoms with E-state index in [0.717, 1.165) is 11.3 Å². The lowest BCUT2D eigenvalue weighted by molar-refractivity contribution is 0.0956. The number of nitrogens with one attached hydrogen (secondary N) is 1. The molecule has 0 unspecified atom stereocenters. The van der Waals surface area contributed by atoms with Gasteiger partial charge in [-0.3, -0.25) is 4.79 Å². The van der Waals surface area contributed by atoms with Crippen molar-refractivity contribution in [3.63, 3.8) is 0 Å². The Kier molecular flexibility index (Phi) is 4.93. The zero-order valence-electron chi connectivity index (χ0n) is 13.0. The number of benzene rings is 1. The molecule has 0 aliphatic heterocycles. The van der Waals surface area contributed by atoms with Crippen LogP contribution in [0.2, 0.25) is 0 Å². The van der Waals surface area contributed by atoms with Gasteiger partial charge in [-0.1, -0.05) is 12.1 Å². The molecule has 6 nitrogen and oxygen atoms in total. The van der Waals surface area contributed by atoms with Crippen LogP contribution in [-0.2, 0) is 0 Å². The number of aromatic nitrogens is 2.